The van der Waals surface area contributed by atoms with E-state index in [1.165, 1.54) is 35.2 Å². The number of hydrogen-bond donors (Lipinski definition) is 0. The minimum Gasteiger partial charge on any atom is -0.497 e. The monoisotopic (exact) mass is 446 g/mol. The molecule has 1 aliphatic carbocycles. The van der Waals surface area contributed by atoms with Crippen molar-refractivity contribution in [3.8, 4) is 5.75 Å². The molecule has 0 amide bonds. The second-order valence-electron chi connectivity index (χ2n) is 9.34. The Bertz CT molecular complexity index is 1060. The van der Waals surface area contributed by atoms with Gasteiger partial charge in [-0.05, 0) is 72.0 Å². The quantitative estimate of drug-likeness (QED) is 0.562. The lowest BCUT2D eigenvalue weighted by Gasteiger charge is -2.40. The normalized spacial score (nSPS) is 18.6. The van der Waals surface area contributed by atoms with Crippen LogP contribution < -0.4 is 9.64 Å². The lowest BCUT2D eigenvalue weighted by atomic mass is 10.0. The van der Waals surface area contributed by atoms with Crippen molar-refractivity contribution in [1.82, 2.24) is 25.1 Å². The Morgan fingerprint density at radius 1 is 0.939 bits per heavy atom. The smallest absolute Gasteiger partial charge is 0.173 e. The van der Waals surface area contributed by atoms with E-state index in [0.717, 1.165) is 50.6 Å². The number of aromatic nitrogens is 4. The first kappa shape index (κ1) is 21.9. The molecule has 1 aromatic heterocycles. The van der Waals surface area contributed by atoms with Crippen LogP contribution in [0.2, 0.25) is 0 Å². The zero-order chi connectivity index (χ0) is 22.8. The van der Waals surface area contributed by atoms with E-state index >= 15 is 0 Å². The highest BCUT2D eigenvalue weighted by atomic mass is 16.5. The van der Waals surface area contributed by atoms with E-state index in [1.807, 2.05) is 12.1 Å². The first-order valence-electron chi connectivity index (χ1n) is 12.1. The highest BCUT2D eigenvalue weighted by Gasteiger charge is 2.33. The molecule has 0 bridgehead atoms. The number of benzene rings is 2. The van der Waals surface area contributed by atoms with E-state index in [0.29, 0.717) is 6.04 Å². The summed E-state index contributed by atoms with van der Waals surface area (Å²) in [7, 11) is 1.71. The summed E-state index contributed by atoms with van der Waals surface area (Å²) in [6, 6.07) is 15.5. The summed E-state index contributed by atoms with van der Waals surface area (Å²) in [6.07, 6.45) is 4.83. The fourth-order valence-electron chi connectivity index (χ4n) is 5.40. The standard InChI is InChI=1S/C26H34N6O/c1-19-7-6-10-24(20(19)2)30-15-17-31(18-16-30)25(21-11-13-23(33-3)14-12-21)26-27-28-29-32(26)22-8-4-5-9-22/h6-7,10-14,22,25H,4-5,8-9,15-18H2,1-3H3/t25-/m0/s1. The average Bonchev–Trinajstić information content (AvgIpc) is 3.54. The van der Waals surface area contributed by atoms with Crippen LogP contribution in [0.4, 0.5) is 5.69 Å². The van der Waals surface area contributed by atoms with E-state index in [-0.39, 0.29) is 6.04 Å². The molecule has 5 rings (SSSR count). The van der Waals surface area contributed by atoms with Crippen LogP contribution in [0.15, 0.2) is 42.5 Å². The molecule has 7 nitrogen and oxygen atoms in total. The van der Waals surface area contributed by atoms with Crippen LogP contribution in [0.25, 0.3) is 0 Å². The zero-order valence-corrected chi connectivity index (χ0v) is 19.9. The van der Waals surface area contributed by atoms with Gasteiger partial charge in [-0.2, -0.15) is 0 Å². The summed E-state index contributed by atoms with van der Waals surface area (Å²) in [4.78, 5) is 5.06. The van der Waals surface area contributed by atoms with Crippen LogP contribution in [0.3, 0.4) is 0 Å². The van der Waals surface area contributed by atoms with Gasteiger partial charge in [0.05, 0.1) is 19.2 Å². The van der Waals surface area contributed by atoms with Gasteiger partial charge in [0.2, 0.25) is 0 Å². The molecule has 33 heavy (non-hydrogen) atoms. The maximum Gasteiger partial charge on any atom is 0.173 e. The summed E-state index contributed by atoms with van der Waals surface area (Å²) in [5.74, 6) is 1.83. The van der Waals surface area contributed by atoms with Crippen LogP contribution in [0.1, 0.15) is 60.3 Å². The third kappa shape index (κ3) is 4.34. The van der Waals surface area contributed by atoms with Crippen molar-refractivity contribution in [3.63, 3.8) is 0 Å². The molecule has 2 aromatic carbocycles. The Kier molecular flexibility index (Phi) is 6.31. The SMILES string of the molecule is COc1ccc([C@@H](c2nnnn2C2CCCC2)N2CCN(c3cccc(C)c3C)CC2)cc1. The van der Waals surface area contributed by atoms with Crippen LogP contribution in [0.5, 0.6) is 5.75 Å². The second kappa shape index (κ2) is 9.51. The van der Waals surface area contributed by atoms with Gasteiger partial charge >= 0.3 is 0 Å². The Balaban J connectivity index is 1.43. The summed E-state index contributed by atoms with van der Waals surface area (Å²) >= 11 is 0. The van der Waals surface area contributed by atoms with Crippen molar-refractivity contribution in [1.29, 1.82) is 0 Å². The maximum absolute atomic E-state index is 5.41. The topological polar surface area (TPSA) is 59.3 Å². The molecule has 2 heterocycles. The van der Waals surface area contributed by atoms with Crippen molar-refractivity contribution in [2.75, 3.05) is 38.2 Å². The van der Waals surface area contributed by atoms with Crippen LogP contribution in [-0.2, 0) is 0 Å². The molecule has 7 heteroatoms. The third-order valence-electron chi connectivity index (χ3n) is 7.46. The number of methoxy groups -OCH3 is 1. The van der Waals surface area contributed by atoms with E-state index in [2.05, 4.69) is 74.2 Å². The fourth-order valence-corrected chi connectivity index (χ4v) is 5.40. The number of piperazine rings is 1. The van der Waals surface area contributed by atoms with Gasteiger partial charge in [-0.3, -0.25) is 4.90 Å². The Labute approximate surface area is 196 Å². The van der Waals surface area contributed by atoms with Gasteiger partial charge in [0, 0.05) is 31.9 Å². The molecule has 0 spiro atoms. The van der Waals surface area contributed by atoms with Crippen molar-refractivity contribution >= 4 is 5.69 Å². The molecule has 0 radical (unpaired) electrons. The van der Waals surface area contributed by atoms with Gasteiger partial charge in [0.15, 0.2) is 5.82 Å². The number of tetrazole rings is 1. The van der Waals surface area contributed by atoms with Crippen molar-refractivity contribution < 1.29 is 4.74 Å². The van der Waals surface area contributed by atoms with E-state index in [9.17, 15) is 0 Å². The number of hydrogen-bond acceptors (Lipinski definition) is 6. The average molecular weight is 447 g/mol. The molecule has 1 aliphatic heterocycles. The summed E-state index contributed by atoms with van der Waals surface area (Å²) in [5, 5.41) is 13.2. The molecular weight excluding hydrogens is 412 g/mol. The number of ether oxygens (including phenoxy) is 1. The molecule has 0 N–H and O–H groups in total. The molecule has 0 unspecified atom stereocenters. The van der Waals surface area contributed by atoms with Crippen LogP contribution >= 0.6 is 0 Å². The largest absolute Gasteiger partial charge is 0.497 e. The van der Waals surface area contributed by atoms with E-state index in [4.69, 9.17) is 4.74 Å². The maximum atomic E-state index is 5.41. The molecule has 1 atom stereocenters. The number of nitrogens with zero attached hydrogens (tertiary/aromatic N) is 6. The van der Waals surface area contributed by atoms with Gasteiger partial charge in [0.1, 0.15) is 5.75 Å². The predicted molar refractivity (Wildman–Crippen MR) is 130 cm³/mol. The van der Waals surface area contributed by atoms with E-state index < -0.39 is 0 Å². The van der Waals surface area contributed by atoms with Gasteiger partial charge < -0.3 is 9.64 Å². The minimum absolute atomic E-state index is 0.0345. The first-order valence-corrected chi connectivity index (χ1v) is 12.1. The highest BCUT2D eigenvalue weighted by molar-refractivity contribution is 5.56. The lowest BCUT2D eigenvalue weighted by molar-refractivity contribution is 0.197. The number of rotatable bonds is 6. The number of anilines is 1. The van der Waals surface area contributed by atoms with Gasteiger partial charge in [-0.15, -0.1) is 5.10 Å². The molecule has 2 fully saturated rings. The molecule has 3 aromatic rings. The molecule has 1 saturated carbocycles. The lowest BCUT2D eigenvalue weighted by Crippen LogP contribution is -2.48. The minimum atomic E-state index is 0.0345. The Morgan fingerprint density at radius 3 is 2.36 bits per heavy atom. The summed E-state index contributed by atoms with van der Waals surface area (Å²) in [6.45, 7) is 8.32. The predicted octanol–water partition coefficient (Wildman–Crippen LogP) is 4.33. The second-order valence-corrected chi connectivity index (χ2v) is 9.34. The summed E-state index contributed by atoms with van der Waals surface area (Å²) < 4.78 is 7.52. The first-order chi connectivity index (χ1) is 16.2. The third-order valence-corrected chi connectivity index (χ3v) is 7.46. The molecule has 174 valence electrons. The fraction of sp³-hybridized carbons (Fsp3) is 0.500. The Hall–Kier alpha value is -2.93. The highest BCUT2D eigenvalue weighted by Crippen LogP contribution is 2.35. The van der Waals surface area contributed by atoms with Gasteiger partial charge in [0.25, 0.3) is 0 Å². The molecular formula is C26H34N6O. The van der Waals surface area contributed by atoms with Gasteiger partial charge in [-0.1, -0.05) is 37.1 Å². The van der Waals surface area contributed by atoms with Crippen molar-refractivity contribution in [2.24, 2.45) is 0 Å². The number of aryl methyl sites for hydroxylation is 1. The molecule has 1 saturated heterocycles. The van der Waals surface area contributed by atoms with E-state index in [1.54, 1.807) is 7.11 Å². The molecule has 2 aliphatic rings. The van der Waals surface area contributed by atoms with Gasteiger partial charge in [-0.25, -0.2) is 4.68 Å². The van der Waals surface area contributed by atoms with Crippen LogP contribution in [0, 0.1) is 13.8 Å². The van der Waals surface area contributed by atoms with Crippen molar-refractivity contribution in [3.05, 3.63) is 65.0 Å². The zero-order valence-electron chi connectivity index (χ0n) is 19.9. The van der Waals surface area contributed by atoms with Crippen molar-refractivity contribution in [2.45, 2.75) is 51.6 Å². The van der Waals surface area contributed by atoms with Crippen LogP contribution in [-0.4, -0.2) is 58.4 Å². The Morgan fingerprint density at radius 2 is 1.67 bits per heavy atom. The summed E-state index contributed by atoms with van der Waals surface area (Å²) in [5.41, 5.74) is 5.29.